The molecule has 0 bridgehead atoms. The van der Waals surface area contributed by atoms with Gasteiger partial charge in [-0.3, -0.25) is 0 Å². The van der Waals surface area contributed by atoms with E-state index >= 15 is 0 Å². The lowest BCUT2D eigenvalue weighted by molar-refractivity contribution is 1.18. The van der Waals surface area contributed by atoms with Crippen LogP contribution in [0, 0.1) is 0 Å². The minimum atomic E-state index is 1.17. The number of fused-ring (bicyclic) bond motifs is 21. The van der Waals surface area contributed by atoms with Gasteiger partial charge in [-0.2, -0.15) is 0 Å². The quantitative estimate of drug-likeness (QED) is 0.117. The first kappa shape index (κ1) is 83.1. The van der Waals surface area contributed by atoms with E-state index in [4.69, 9.17) is 0 Å². The van der Waals surface area contributed by atoms with Crippen LogP contribution in [0.1, 0.15) is 0 Å². The Morgan fingerprint density at radius 3 is 0.674 bits per heavy atom. The summed E-state index contributed by atoms with van der Waals surface area (Å²) >= 11 is 0. The third-order valence-corrected chi connectivity index (χ3v) is 29.7. The maximum atomic E-state index is 2.46. The fraction of sp³-hybridized carbons (Fsp3) is 0. The van der Waals surface area contributed by atoms with Gasteiger partial charge in [-0.25, -0.2) is 0 Å². The van der Waals surface area contributed by atoms with E-state index in [0.717, 1.165) is 0 Å². The lowest BCUT2D eigenvalue weighted by atomic mass is 9.96. The number of rotatable bonds is 12. The highest BCUT2D eigenvalue weighted by Gasteiger charge is 2.25. The van der Waals surface area contributed by atoms with Crippen LogP contribution in [0.5, 0.6) is 0 Å². The molecule has 672 valence electrons. The Morgan fingerprint density at radius 2 is 0.319 bits per heavy atom. The Balaban J connectivity index is 0.000000105. The number of aromatic nitrogens is 6. The minimum absolute atomic E-state index is 1.17. The number of nitrogens with zero attached hydrogens (tertiary/aromatic N) is 6. The van der Waals surface area contributed by atoms with Crippen molar-refractivity contribution in [2.45, 2.75) is 0 Å². The van der Waals surface area contributed by atoms with Crippen molar-refractivity contribution in [1.29, 1.82) is 0 Å². The molecule has 0 spiro atoms. The molecule has 0 saturated heterocycles. The summed E-state index contributed by atoms with van der Waals surface area (Å²) < 4.78 is 14.4. The van der Waals surface area contributed by atoms with Crippen LogP contribution in [0.15, 0.2) is 546 Å². The van der Waals surface area contributed by atoms with Crippen LogP contribution >= 0.6 is 0 Å². The lowest BCUT2D eigenvalue weighted by Gasteiger charge is -2.17. The first-order valence-electron chi connectivity index (χ1n) is 49.6. The molecule has 30 rings (SSSR count). The molecule has 6 aromatic heterocycles. The number of para-hydroxylation sites is 9. The van der Waals surface area contributed by atoms with Crippen LogP contribution in [0.4, 0.5) is 0 Å². The van der Waals surface area contributed by atoms with Crippen molar-refractivity contribution in [2.24, 2.45) is 0 Å². The molecule has 6 heteroatoms. The van der Waals surface area contributed by atoms with E-state index in [0.29, 0.717) is 0 Å². The summed E-state index contributed by atoms with van der Waals surface area (Å²) in [7, 11) is 0. The zero-order valence-electron chi connectivity index (χ0n) is 78.6. The third kappa shape index (κ3) is 14.0. The van der Waals surface area contributed by atoms with Crippen LogP contribution in [0.3, 0.4) is 0 Å². The van der Waals surface area contributed by atoms with E-state index < -0.39 is 0 Å². The standard InChI is InChI=1S/3C46H30N2/c1-3-11-31(12-4-1)32-19-20-34-28-38(24-21-33(34)27-32)48-44-18-10-8-16-40(44)42-30-36(23-26-46(42)48)35-22-25-45-41(29-35)39-15-7-9-17-43(39)47(45)37-13-5-2-6-14-37;1-3-11-31(12-4-1)33-20-19-32-21-24-38(28-36(32)27-33)48-44-18-10-8-16-40(44)42-30-35(23-26-46(42)48)34-22-25-45-41(29-34)39-15-7-9-17-43(39)47(45)37-13-5-2-6-14-37;1-3-14-32(15-4-1)46-36-18-8-7-13-31(36)23-28-45(46)48-42-22-12-10-20-38(42)40-30-34(25-27-44(40)48)33-24-26-43-39(29-33)37-19-9-11-21-41(37)47(43)35-16-5-2-6-17-35/h3*1-30H. The zero-order chi connectivity index (χ0) is 94.8. The minimum Gasteiger partial charge on any atom is -0.309 e. The van der Waals surface area contributed by atoms with Crippen LogP contribution in [0.2, 0.25) is 0 Å². The van der Waals surface area contributed by atoms with Crippen molar-refractivity contribution < 1.29 is 0 Å². The summed E-state index contributed by atoms with van der Waals surface area (Å²) in [5.41, 5.74) is 36.3. The Labute approximate surface area is 831 Å². The van der Waals surface area contributed by atoms with E-state index in [-0.39, 0.29) is 0 Å². The molecule has 0 N–H and O–H groups in total. The van der Waals surface area contributed by atoms with Gasteiger partial charge in [-0.1, -0.05) is 358 Å². The molecule has 0 unspecified atom stereocenters. The number of hydrogen-bond acceptors (Lipinski definition) is 0. The third-order valence-electron chi connectivity index (χ3n) is 29.7. The van der Waals surface area contributed by atoms with Gasteiger partial charge in [-0.15, -0.1) is 0 Å². The van der Waals surface area contributed by atoms with Gasteiger partial charge in [0.2, 0.25) is 0 Å². The molecule has 30 aromatic rings. The molecule has 0 fully saturated rings. The highest BCUT2D eigenvalue weighted by atomic mass is 15.0. The van der Waals surface area contributed by atoms with Crippen molar-refractivity contribution in [3.05, 3.63) is 546 Å². The van der Waals surface area contributed by atoms with Crippen LogP contribution in [0.25, 0.3) is 264 Å². The summed E-state index contributed by atoms with van der Waals surface area (Å²) in [6.45, 7) is 0. The predicted molar refractivity (Wildman–Crippen MR) is 610 cm³/mol. The second-order valence-corrected chi connectivity index (χ2v) is 37.8. The maximum absolute atomic E-state index is 2.46. The average Bonchev–Trinajstić information content (AvgIpc) is 1.91. The van der Waals surface area contributed by atoms with Gasteiger partial charge in [0.15, 0.2) is 0 Å². The molecule has 0 amide bonds. The SMILES string of the molecule is c1ccc(-c2c(-n3c4ccccc4c4cc(-c5ccc6c(c5)c5ccccc5n6-c5ccccc5)ccc43)ccc3ccccc23)cc1.c1ccc(-c2ccc3cc(-n4c5ccccc5c5cc(-c6ccc7c(c6)c6ccccc6n7-c6ccccc6)ccc54)ccc3c2)cc1.c1ccc(-c2ccc3ccc(-n4c5ccccc5c5cc(-c6ccc7c(c6)c6ccccc6n7-c6ccccc6)ccc54)cc3c2)cc1. The molecule has 6 heterocycles. The molecule has 0 saturated carbocycles. The van der Waals surface area contributed by atoms with Crippen molar-refractivity contribution in [2.75, 3.05) is 0 Å². The van der Waals surface area contributed by atoms with Gasteiger partial charge in [0.05, 0.1) is 71.9 Å². The Hall–Kier alpha value is -19.1. The first-order valence-corrected chi connectivity index (χ1v) is 49.6. The normalized spacial score (nSPS) is 11.8. The van der Waals surface area contributed by atoms with Crippen molar-refractivity contribution in [3.8, 4) is 101 Å². The Kier molecular flexibility index (Phi) is 19.9. The van der Waals surface area contributed by atoms with Gasteiger partial charge >= 0.3 is 0 Å². The van der Waals surface area contributed by atoms with Crippen LogP contribution in [-0.4, -0.2) is 27.4 Å². The first-order chi connectivity index (χ1) is 71.4. The number of hydrogen-bond donors (Lipinski definition) is 0. The Morgan fingerprint density at radius 1 is 0.0972 bits per heavy atom. The summed E-state index contributed by atoms with van der Waals surface area (Å²) in [6, 6.07) is 199. The molecule has 0 aliphatic rings. The van der Waals surface area contributed by atoms with Crippen molar-refractivity contribution in [1.82, 2.24) is 27.4 Å². The fourth-order valence-electron chi connectivity index (χ4n) is 23.0. The largest absolute Gasteiger partial charge is 0.309 e. The molecule has 0 atom stereocenters. The number of benzene rings is 24. The summed E-state index contributed by atoms with van der Waals surface area (Å²) in [6.07, 6.45) is 0. The smallest absolute Gasteiger partial charge is 0.0547 e. The monoisotopic (exact) mass is 1830 g/mol. The Bertz CT molecular complexity index is 10300. The van der Waals surface area contributed by atoms with E-state index in [9.17, 15) is 0 Å². The zero-order valence-corrected chi connectivity index (χ0v) is 78.6. The second kappa shape index (κ2) is 34.5. The van der Waals surface area contributed by atoms with Gasteiger partial charge < -0.3 is 27.4 Å². The van der Waals surface area contributed by atoms with Crippen LogP contribution < -0.4 is 0 Å². The second-order valence-electron chi connectivity index (χ2n) is 37.8. The molecule has 0 radical (unpaired) electrons. The van der Waals surface area contributed by atoms with Crippen LogP contribution in [-0.2, 0) is 0 Å². The molecule has 24 aromatic carbocycles. The fourth-order valence-corrected chi connectivity index (χ4v) is 23.0. The van der Waals surface area contributed by atoms with E-state index in [2.05, 4.69) is 573 Å². The van der Waals surface area contributed by atoms with Gasteiger partial charge in [-0.05, 0) is 282 Å². The predicted octanol–water partition coefficient (Wildman–Crippen LogP) is 37.1. The molecular formula is C138H90N6. The van der Waals surface area contributed by atoms with Crippen molar-refractivity contribution >= 4 is 163 Å². The maximum Gasteiger partial charge on any atom is 0.0547 e. The summed E-state index contributed by atoms with van der Waals surface area (Å²) in [4.78, 5) is 0. The highest BCUT2D eigenvalue weighted by Crippen LogP contribution is 2.47. The van der Waals surface area contributed by atoms with E-state index in [1.54, 1.807) is 0 Å². The summed E-state index contributed by atoms with van der Waals surface area (Å²) in [5, 5.41) is 22.6. The van der Waals surface area contributed by atoms with Gasteiger partial charge in [0.25, 0.3) is 0 Å². The highest BCUT2D eigenvalue weighted by molar-refractivity contribution is 6.18. The van der Waals surface area contributed by atoms with E-state index in [1.165, 1.54) is 264 Å². The molecule has 6 nitrogen and oxygen atoms in total. The molecule has 0 aliphatic carbocycles. The van der Waals surface area contributed by atoms with Gasteiger partial charge in [0, 0.05) is 98.6 Å². The average molecular weight is 1830 g/mol. The molecular weight excluding hydrogens is 1740 g/mol. The van der Waals surface area contributed by atoms with Crippen molar-refractivity contribution in [3.63, 3.8) is 0 Å². The molecule has 144 heavy (non-hydrogen) atoms. The molecule has 0 aliphatic heterocycles. The topological polar surface area (TPSA) is 29.6 Å². The summed E-state index contributed by atoms with van der Waals surface area (Å²) in [5.74, 6) is 0. The van der Waals surface area contributed by atoms with E-state index in [1.807, 2.05) is 0 Å². The lowest BCUT2D eigenvalue weighted by Crippen LogP contribution is -1.98. The van der Waals surface area contributed by atoms with Gasteiger partial charge in [0.1, 0.15) is 0 Å².